The lowest BCUT2D eigenvalue weighted by Crippen LogP contribution is -2.50. The minimum absolute atomic E-state index is 0.0340. The molecule has 10 heteroatoms. The predicted octanol–water partition coefficient (Wildman–Crippen LogP) is 3.06. The molecule has 3 aromatic carbocycles. The summed E-state index contributed by atoms with van der Waals surface area (Å²) in [6.45, 7) is 1.17. The first-order valence-corrected chi connectivity index (χ1v) is 13.0. The lowest BCUT2D eigenvalue weighted by molar-refractivity contribution is -0.139. The molecule has 0 fully saturated rings. The average Bonchev–Trinajstić information content (AvgIpc) is 2.94. The van der Waals surface area contributed by atoms with Crippen molar-refractivity contribution in [2.75, 3.05) is 32.1 Å². The number of carbonyl (C=O) groups excluding carboxylic acids is 2. The van der Waals surface area contributed by atoms with Crippen LogP contribution in [-0.4, -0.2) is 59.0 Å². The van der Waals surface area contributed by atoms with E-state index in [1.807, 2.05) is 0 Å². The van der Waals surface area contributed by atoms with Crippen LogP contribution < -0.4 is 19.1 Å². The Kier molecular flexibility index (Phi) is 9.13. The number of amides is 2. The van der Waals surface area contributed by atoms with Crippen LogP contribution >= 0.6 is 0 Å². The summed E-state index contributed by atoms with van der Waals surface area (Å²) in [5.74, 6) is 0.168. The fourth-order valence-electron chi connectivity index (χ4n) is 3.73. The van der Waals surface area contributed by atoms with E-state index >= 15 is 0 Å². The molecule has 0 aromatic heterocycles. The van der Waals surface area contributed by atoms with Crippen molar-refractivity contribution in [2.45, 2.75) is 24.4 Å². The molecule has 0 aliphatic carbocycles. The summed E-state index contributed by atoms with van der Waals surface area (Å²) in [7, 11) is 0.384. The first-order chi connectivity index (χ1) is 17.7. The molecule has 0 radical (unpaired) electrons. The van der Waals surface area contributed by atoms with Gasteiger partial charge in [0.15, 0.2) is 0 Å². The van der Waals surface area contributed by atoms with E-state index in [4.69, 9.17) is 9.47 Å². The van der Waals surface area contributed by atoms with Crippen molar-refractivity contribution >= 4 is 27.5 Å². The second-order valence-corrected chi connectivity index (χ2v) is 10.0. The Hall–Kier alpha value is -4.05. The van der Waals surface area contributed by atoms with Gasteiger partial charge < -0.3 is 19.7 Å². The van der Waals surface area contributed by atoms with Gasteiger partial charge in [-0.2, -0.15) is 0 Å². The number of nitrogens with one attached hydrogen (secondary N) is 1. The molecule has 0 aliphatic heterocycles. The van der Waals surface area contributed by atoms with Crippen LogP contribution in [0.15, 0.2) is 83.8 Å². The number of methoxy groups -OCH3 is 2. The molecule has 1 atom stereocenters. The topological polar surface area (TPSA) is 105 Å². The normalized spacial score (nSPS) is 11.8. The Morgan fingerprint density at radius 3 is 2.14 bits per heavy atom. The molecule has 37 heavy (non-hydrogen) atoms. The zero-order valence-electron chi connectivity index (χ0n) is 21.2. The zero-order valence-corrected chi connectivity index (χ0v) is 22.1. The summed E-state index contributed by atoms with van der Waals surface area (Å²) in [4.78, 5) is 27.7. The minimum atomic E-state index is -4.13. The van der Waals surface area contributed by atoms with Gasteiger partial charge in [-0.3, -0.25) is 13.9 Å². The molecule has 196 valence electrons. The summed E-state index contributed by atoms with van der Waals surface area (Å²) < 4.78 is 38.9. The van der Waals surface area contributed by atoms with Gasteiger partial charge in [0.05, 0.1) is 24.8 Å². The van der Waals surface area contributed by atoms with Gasteiger partial charge in [-0.15, -0.1) is 0 Å². The van der Waals surface area contributed by atoms with E-state index < -0.39 is 28.5 Å². The standard InChI is InChI=1S/C27H31N3O6S/c1-20(27(32)28-2)29(18-21-13-15-23(35-3)16-14-21)26(31)19-30(22-9-8-10-24(17-22)36-4)37(33,34)25-11-6-5-7-12-25/h5-17,20H,18-19H2,1-4H3,(H,28,32). The third kappa shape index (κ3) is 6.59. The molecule has 0 saturated heterocycles. The van der Waals surface area contributed by atoms with Gasteiger partial charge in [-0.25, -0.2) is 8.42 Å². The van der Waals surface area contributed by atoms with Gasteiger partial charge in [-0.05, 0) is 48.9 Å². The molecule has 3 aromatic rings. The number of rotatable bonds is 11. The maximum absolute atomic E-state index is 13.7. The van der Waals surface area contributed by atoms with E-state index in [2.05, 4.69) is 5.32 Å². The third-order valence-corrected chi connectivity index (χ3v) is 7.67. The fraction of sp³-hybridized carbons (Fsp3) is 0.259. The molecule has 1 unspecified atom stereocenters. The molecule has 0 heterocycles. The Labute approximate surface area is 217 Å². The fourth-order valence-corrected chi connectivity index (χ4v) is 5.16. The van der Waals surface area contributed by atoms with Crippen molar-refractivity contribution in [3.8, 4) is 11.5 Å². The Balaban J connectivity index is 2.02. The third-order valence-electron chi connectivity index (χ3n) is 5.88. The van der Waals surface area contributed by atoms with Crippen LogP contribution in [0, 0.1) is 0 Å². The highest BCUT2D eigenvalue weighted by Gasteiger charge is 2.32. The van der Waals surface area contributed by atoms with Crippen LogP contribution in [0.1, 0.15) is 12.5 Å². The summed E-state index contributed by atoms with van der Waals surface area (Å²) in [6, 6.07) is 20.6. The molecular formula is C27H31N3O6S. The number of ether oxygens (including phenoxy) is 2. The number of likely N-dealkylation sites (N-methyl/N-ethyl adjacent to an activating group) is 1. The summed E-state index contributed by atoms with van der Waals surface area (Å²) >= 11 is 0. The Bertz CT molecular complexity index is 1310. The monoisotopic (exact) mass is 525 g/mol. The Morgan fingerprint density at radius 2 is 1.54 bits per heavy atom. The molecule has 9 nitrogen and oxygen atoms in total. The van der Waals surface area contributed by atoms with Crippen molar-refractivity contribution in [3.63, 3.8) is 0 Å². The van der Waals surface area contributed by atoms with Gasteiger partial charge in [-0.1, -0.05) is 36.4 Å². The molecule has 0 aliphatic rings. The van der Waals surface area contributed by atoms with E-state index in [1.165, 1.54) is 31.2 Å². The molecule has 0 saturated carbocycles. The Morgan fingerprint density at radius 1 is 0.892 bits per heavy atom. The van der Waals surface area contributed by atoms with Gasteiger partial charge in [0.25, 0.3) is 10.0 Å². The van der Waals surface area contributed by atoms with Crippen LogP contribution in [-0.2, 0) is 26.2 Å². The maximum Gasteiger partial charge on any atom is 0.264 e. The van der Waals surface area contributed by atoms with Crippen molar-refractivity contribution in [1.82, 2.24) is 10.2 Å². The average molecular weight is 526 g/mol. The SMILES string of the molecule is CNC(=O)C(C)N(Cc1ccc(OC)cc1)C(=O)CN(c1cccc(OC)c1)S(=O)(=O)c1ccccc1. The highest BCUT2D eigenvalue weighted by Crippen LogP contribution is 2.27. The van der Waals surface area contributed by atoms with E-state index in [-0.39, 0.29) is 23.0 Å². The van der Waals surface area contributed by atoms with E-state index in [9.17, 15) is 18.0 Å². The van der Waals surface area contributed by atoms with Crippen molar-refractivity contribution in [1.29, 1.82) is 0 Å². The van der Waals surface area contributed by atoms with Crippen LogP contribution in [0.25, 0.3) is 0 Å². The van der Waals surface area contributed by atoms with Crippen molar-refractivity contribution < 1.29 is 27.5 Å². The number of hydrogen-bond donors (Lipinski definition) is 1. The van der Waals surface area contributed by atoms with Crippen LogP contribution in [0.2, 0.25) is 0 Å². The van der Waals surface area contributed by atoms with Gasteiger partial charge in [0.2, 0.25) is 11.8 Å². The summed E-state index contributed by atoms with van der Waals surface area (Å²) in [5.41, 5.74) is 1.01. The van der Waals surface area contributed by atoms with Crippen LogP contribution in [0.5, 0.6) is 11.5 Å². The molecule has 2 amide bonds. The maximum atomic E-state index is 13.7. The largest absolute Gasteiger partial charge is 0.497 e. The molecule has 1 N–H and O–H groups in total. The molecular weight excluding hydrogens is 494 g/mol. The van der Waals surface area contributed by atoms with Gasteiger partial charge in [0, 0.05) is 19.7 Å². The smallest absolute Gasteiger partial charge is 0.264 e. The number of benzene rings is 3. The number of hydrogen-bond acceptors (Lipinski definition) is 6. The van der Waals surface area contributed by atoms with Crippen molar-refractivity contribution in [3.05, 3.63) is 84.4 Å². The highest BCUT2D eigenvalue weighted by atomic mass is 32.2. The van der Waals surface area contributed by atoms with Crippen molar-refractivity contribution in [2.24, 2.45) is 0 Å². The molecule has 0 spiro atoms. The molecule has 3 rings (SSSR count). The quantitative estimate of drug-likeness (QED) is 0.413. The summed E-state index contributed by atoms with van der Waals surface area (Å²) in [5, 5.41) is 2.56. The lowest BCUT2D eigenvalue weighted by Gasteiger charge is -2.31. The van der Waals surface area contributed by atoms with Crippen LogP contribution in [0.3, 0.4) is 0 Å². The number of sulfonamides is 1. The summed E-state index contributed by atoms with van der Waals surface area (Å²) in [6.07, 6.45) is 0. The zero-order chi connectivity index (χ0) is 27.0. The lowest BCUT2D eigenvalue weighted by atomic mass is 10.1. The second kappa shape index (κ2) is 12.3. The van der Waals surface area contributed by atoms with E-state index in [0.29, 0.717) is 11.5 Å². The van der Waals surface area contributed by atoms with E-state index in [1.54, 1.807) is 80.8 Å². The van der Waals surface area contributed by atoms with Crippen LogP contribution in [0.4, 0.5) is 5.69 Å². The number of nitrogens with zero attached hydrogens (tertiary/aromatic N) is 2. The highest BCUT2D eigenvalue weighted by molar-refractivity contribution is 7.92. The number of anilines is 1. The predicted molar refractivity (Wildman–Crippen MR) is 141 cm³/mol. The van der Waals surface area contributed by atoms with Gasteiger partial charge in [0.1, 0.15) is 24.1 Å². The first kappa shape index (κ1) is 27.5. The minimum Gasteiger partial charge on any atom is -0.497 e. The number of carbonyl (C=O) groups is 2. The van der Waals surface area contributed by atoms with E-state index in [0.717, 1.165) is 9.87 Å². The second-order valence-electron chi connectivity index (χ2n) is 8.19. The van der Waals surface area contributed by atoms with Gasteiger partial charge >= 0.3 is 0 Å². The first-order valence-electron chi connectivity index (χ1n) is 11.6. The molecule has 0 bridgehead atoms.